The van der Waals surface area contributed by atoms with Crippen LogP contribution in [0.2, 0.25) is 0 Å². The van der Waals surface area contributed by atoms with E-state index >= 15 is 0 Å². The number of hydrogen-bond acceptors (Lipinski definition) is 6. The first-order valence-corrected chi connectivity index (χ1v) is 12.0. The number of carbonyl (C=O) groups is 1. The van der Waals surface area contributed by atoms with Crippen LogP contribution in [0.25, 0.3) is 0 Å². The van der Waals surface area contributed by atoms with E-state index in [-0.39, 0.29) is 17.3 Å². The third-order valence-corrected chi connectivity index (χ3v) is 7.32. The van der Waals surface area contributed by atoms with Gasteiger partial charge in [0.1, 0.15) is 5.75 Å². The third-order valence-electron chi connectivity index (χ3n) is 5.44. The van der Waals surface area contributed by atoms with Crippen LogP contribution in [0.5, 0.6) is 17.2 Å². The molecule has 0 spiro atoms. The van der Waals surface area contributed by atoms with Crippen LogP contribution in [0, 0.1) is 5.92 Å². The Morgan fingerprint density at radius 2 is 1.81 bits per heavy atom. The number of nitrogens with one attached hydrogen (secondary N) is 1. The lowest BCUT2D eigenvalue weighted by molar-refractivity contribution is -0.126. The Balaban J connectivity index is 1.63. The molecule has 174 valence electrons. The van der Waals surface area contributed by atoms with Crippen molar-refractivity contribution in [2.75, 3.05) is 33.9 Å². The molecule has 1 amide bonds. The van der Waals surface area contributed by atoms with Crippen molar-refractivity contribution in [2.24, 2.45) is 5.92 Å². The molecule has 1 saturated heterocycles. The summed E-state index contributed by atoms with van der Waals surface area (Å²) in [4.78, 5) is 13.0. The highest BCUT2D eigenvalue weighted by atomic mass is 32.2. The van der Waals surface area contributed by atoms with Crippen molar-refractivity contribution in [2.45, 2.75) is 31.2 Å². The highest BCUT2D eigenvalue weighted by Crippen LogP contribution is 2.28. The minimum Gasteiger partial charge on any atom is -0.494 e. The molecule has 2 aromatic carbocycles. The van der Waals surface area contributed by atoms with Crippen LogP contribution >= 0.6 is 0 Å². The Labute approximate surface area is 189 Å². The summed E-state index contributed by atoms with van der Waals surface area (Å²) < 4.78 is 43.4. The van der Waals surface area contributed by atoms with Gasteiger partial charge < -0.3 is 19.5 Å². The smallest absolute Gasteiger partial charge is 0.243 e. The Hall–Kier alpha value is -2.78. The van der Waals surface area contributed by atoms with Gasteiger partial charge in [0.15, 0.2) is 11.5 Å². The van der Waals surface area contributed by atoms with Crippen LogP contribution in [-0.2, 0) is 21.4 Å². The Kier molecular flexibility index (Phi) is 7.98. The summed E-state index contributed by atoms with van der Waals surface area (Å²) in [6.45, 7) is 3.26. The predicted octanol–water partition coefficient (Wildman–Crippen LogP) is 2.82. The van der Waals surface area contributed by atoms with E-state index in [0.717, 1.165) is 5.56 Å². The molecule has 0 unspecified atom stereocenters. The van der Waals surface area contributed by atoms with Crippen molar-refractivity contribution in [1.82, 2.24) is 9.62 Å². The van der Waals surface area contributed by atoms with Crippen LogP contribution in [0.15, 0.2) is 47.4 Å². The number of methoxy groups -OCH3 is 2. The molecule has 1 aliphatic rings. The monoisotopic (exact) mass is 462 g/mol. The number of nitrogens with zero attached hydrogens (tertiary/aromatic N) is 1. The summed E-state index contributed by atoms with van der Waals surface area (Å²) in [6, 6.07) is 11.8. The third kappa shape index (κ3) is 5.52. The van der Waals surface area contributed by atoms with Crippen LogP contribution in [0.1, 0.15) is 25.3 Å². The molecule has 0 aliphatic carbocycles. The summed E-state index contributed by atoms with van der Waals surface area (Å²) >= 11 is 0. The average Bonchev–Trinajstić information content (AvgIpc) is 2.83. The van der Waals surface area contributed by atoms with Crippen molar-refractivity contribution >= 4 is 15.9 Å². The second kappa shape index (κ2) is 10.7. The normalized spacial score (nSPS) is 16.9. The van der Waals surface area contributed by atoms with Gasteiger partial charge in [-0.05, 0) is 61.7 Å². The fourth-order valence-corrected chi connectivity index (χ4v) is 5.25. The molecule has 2 aromatic rings. The van der Waals surface area contributed by atoms with E-state index in [9.17, 15) is 13.2 Å². The highest BCUT2D eigenvalue weighted by molar-refractivity contribution is 7.89. The number of rotatable bonds is 9. The number of benzene rings is 2. The Bertz CT molecular complexity index is 1020. The van der Waals surface area contributed by atoms with Gasteiger partial charge in [0.25, 0.3) is 0 Å². The Morgan fingerprint density at radius 3 is 2.47 bits per heavy atom. The molecule has 0 saturated carbocycles. The van der Waals surface area contributed by atoms with Gasteiger partial charge in [-0.3, -0.25) is 4.79 Å². The van der Waals surface area contributed by atoms with Crippen molar-refractivity contribution < 1.29 is 27.4 Å². The topological polar surface area (TPSA) is 94.2 Å². The van der Waals surface area contributed by atoms with E-state index in [4.69, 9.17) is 14.2 Å². The van der Waals surface area contributed by atoms with Gasteiger partial charge in [-0.1, -0.05) is 6.07 Å². The first-order valence-electron chi connectivity index (χ1n) is 10.6. The standard InChI is InChI=1S/C23H30N2O6S/c1-4-31-19-8-10-20(11-9-19)32(27,28)25-13-5-6-18(16-25)23(26)24-15-17-7-12-21(29-2)22(14-17)30-3/h7-12,14,18H,4-6,13,15-16H2,1-3H3,(H,24,26)/t18-/m1/s1. The summed E-state index contributed by atoms with van der Waals surface area (Å²) in [7, 11) is -0.554. The summed E-state index contributed by atoms with van der Waals surface area (Å²) in [5.74, 6) is 1.26. The number of ether oxygens (including phenoxy) is 3. The molecule has 0 aromatic heterocycles. The first-order chi connectivity index (χ1) is 15.4. The maximum Gasteiger partial charge on any atom is 0.243 e. The summed E-state index contributed by atoms with van der Waals surface area (Å²) in [6.07, 6.45) is 1.28. The predicted molar refractivity (Wildman–Crippen MR) is 120 cm³/mol. The van der Waals surface area contributed by atoms with Gasteiger partial charge in [0.2, 0.25) is 15.9 Å². The number of sulfonamides is 1. The van der Waals surface area contributed by atoms with Crippen LogP contribution in [-0.4, -0.2) is 52.5 Å². The van der Waals surface area contributed by atoms with Gasteiger partial charge >= 0.3 is 0 Å². The first kappa shape index (κ1) is 23.9. The van der Waals surface area contributed by atoms with Gasteiger partial charge in [-0.25, -0.2) is 8.42 Å². The van der Waals surface area contributed by atoms with Crippen LogP contribution in [0.3, 0.4) is 0 Å². The molecular weight excluding hydrogens is 432 g/mol. The van der Waals surface area contributed by atoms with Crippen molar-refractivity contribution in [3.8, 4) is 17.2 Å². The zero-order valence-electron chi connectivity index (χ0n) is 18.7. The lowest BCUT2D eigenvalue weighted by Crippen LogP contribution is -2.45. The van der Waals surface area contributed by atoms with Crippen molar-refractivity contribution in [3.05, 3.63) is 48.0 Å². The molecular formula is C23H30N2O6S. The lowest BCUT2D eigenvalue weighted by atomic mass is 9.98. The molecule has 32 heavy (non-hydrogen) atoms. The highest BCUT2D eigenvalue weighted by Gasteiger charge is 2.33. The fourth-order valence-electron chi connectivity index (χ4n) is 3.72. The fraction of sp³-hybridized carbons (Fsp3) is 0.435. The van der Waals surface area contributed by atoms with E-state index < -0.39 is 15.9 Å². The molecule has 1 fully saturated rings. The van der Waals surface area contributed by atoms with Crippen molar-refractivity contribution in [3.63, 3.8) is 0 Å². The Morgan fingerprint density at radius 1 is 1.09 bits per heavy atom. The zero-order valence-corrected chi connectivity index (χ0v) is 19.5. The maximum absolute atomic E-state index is 13.1. The molecule has 8 nitrogen and oxygen atoms in total. The molecule has 0 radical (unpaired) electrons. The van der Waals surface area contributed by atoms with Gasteiger partial charge in [0.05, 0.1) is 31.6 Å². The number of amides is 1. The van der Waals surface area contributed by atoms with Crippen LogP contribution < -0.4 is 19.5 Å². The van der Waals surface area contributed by atoms with E-state index in [2.05, 4.69) is 5.32 Å². The number of piperidine rings is 1. The molecule has 9 heteroatoms. The second-order valence-electron chi connectivity index (χ2n) is 7.51. The SMILES string of the molecule is CCOc1ccc(S(=O)(=O)N2CCC[C@@H](C(=O)NCc3ccc(OC)c(OC)c3)C2)cc1. The molecule has 0 bridgehead atoms. The zero-order chi connectivity index (χ0) is 23.1. The second-order valence-corrected chi connectivity index (χ2v) is 9.45. The summed E-state index contributed by atoms with van der Waals surface area (Å²) in [5.41, 5.74) is 0.866. The molecule has 1 aliphatic heterocycles. The summed E-state index contributed by atoms with van der Waals surface area (Å²) in [5, 5.41) is 2.92. The van der Waals surface area contributed by atoms with E-state index in [0.29, 0.717) is 49.8 Å². The maximum atomic E-state index is 13.1. The quantitative estimate of drug-likeness (QED) is 0.616. The van der Waals surface area contributed by atoms with Crippen molar-refractivity contribution in [1.29, 1.82) is 0 Å². The largest absolute Gasteiger partial charge is 0.494 e. The molecule has 1 N–H and O–H groups in total. The van der Waals surface area contributed by atoms with E-state index in [1.165, 1.54) is 4.31 Å². The van der Waals surface area contributed by atoms with E-state index in [1.54, 1.807) is 44.6 Å². The lowest BCUT2D eigenvalue weighted by Gasteiger charge is -2.31. The van der Waals surface area contributed by atoms with Gasteiger partial charge in [0, 0.05) is 19.6 Å². The molecule has 1 atom stereocenters. The number of carbonyl (C=O) groups excluding carboxylic acids is 1. The number of hydrogen-bond donors (Lipinski definition) is 1. The minimum atomic E-state index is -3.68. The van der Waals surface area contributed by atoms with Crippen LogP contribution in [0.4, 0.5) is 0 Å². The minimum absolute atomic E-state index is 0.160. The van der Waals surface area contributed by atoms with E-state index in [1.807, 2.05) is 19.1 Å². The van der Waals surface area contributed by atoms with Gasteiger partial charge in [-0.15, -0.1) is 0 Å². The molecule has 3 rings (SSSR count). The molecule has 1 heterocycles. The van der Waals surface area contributed by atoms with Gasteiger partial charge in [-0.2, -0.15) is 4.31 Å². The average molecular weight is 463 g/mol.